The van der Waals surface area contributed by atoms with Crippen LogP contribution in [0.15, 0.2) is 79.0 Å². The van der Waals surface area contributed by atoms with E-state index < -0.39 is 0 Å². The third-order valence-corrected chi connectivity index (χ3v) is 7.97. The number of anilines is 2. The lowest BCUT2D eigenvalue weighted by Gasteiger charge is -2.29. The Labute approximate surface area is 229 Å². The Morgan fingerprint density at radius 3 is 2.34 bits per heavy atom. The molecule has 194 valence electrons. The number of morpholine rings is 1. The maximum absolute atomic E-state index is 5.94. The quantitative estimate of drug-likeness (QED) is 0.333. The van der Waals surface area contributed by atoms with E-state index >= 15 is 0 Å². The topological polar surface area (TPSA) is 45.6 Å². The van der Waals surface area contributed by atoms with Crippen molar-refractivity contribution in [2.75, 3.05) is 36.1 Å². The van der Waals surface area contributed by atoms with Gasteiger partial charge < -0.3 is 24.4 Å². The molecule has 2 aliphatic heterocycles. The second-order valence-corrected chi connectivity index (χ2v) is 10.5. The van der Waals surface area contributed by atoms with Crippen LogP contribution in [-0.4, -0.2) is 41.0 Å². The van der Waals surface area contributed by atoms with E-state index in [-0.39, 0.29) is 12.1 Å². The molecule has 2 fully saturated rings. The average molecular weight is 524 g/mol. The highest BCUT2D eigenvalue weighted by Crippen LogP contribution is 2.44. The largest absolute Gasteiger partial charge is 0.378 e. The molecule has 0 amide bonds. The van der Waals surface area contributed by atoms with Crippen LogP contribution in [0.4, 0.5) is 11.4 Å². The van der Waals surface area contributed by atoms with Crippen molar-refractivity contribution in [1.29, 1.82) is 0 Å². The first-order valence-electron chi connectivity index (χ1n) is 13.2. The van der Waals surface area contributed by atoms with Gasteiger partial charge in [0.05, 0.1) is 31.0 Å². The van der Waals surface area contributed by atoms with Gasteiger partial charge in [-0.15, -0.1) is 0 Å². The molecule has 2 aromatic heterocycles. The number of aryl methyl sites for hydroxylation is 2. The molecule has 2 unspecified atom stereocenters. The minimum Gasteiger partial charge on any atom is -0.378 e. The summed E-state index contributed by atoms with van der Waals surface area (Å²) in [5.41, 5.74) is 9.31. The van der Waals surface area contributed by atoms with Crippen molar-refractivity contribution in [3.8, 4) is 5.69 Å². The van der Waals surface area contributed by atoms with Crippen molar-refractivity contribution in [2.45, 2.75) is 32.9 Å². The molecule has 7 heteroatoms. The van der Waals surface area contributed by atoms with Crippen LogP contribution < -0.4 is 15.1 Å². The molecule has 2 aliphatic rings. The number of rotatable bonds is 5. The predicted octanol–water partition coefficient (Wildman–Crippen LogP) is 5.81. The predicted molar refractivity (Wildman–Crippen MR) is 157 cm³/mol. The standard InChI is InChI=1S/C31H33N5OS/c1-21-7-6-8-26(19-21)36-30(29(33-31(36)38)28-9-4-5-14-32-28)27-20-22(2)35(23(27)3)25-12-10-24(11-13-25)34-15-17-37-18-16-34/h4-14,19-20,29-30H,15-18H2,1-3H3,(H,33,38). The molecule has 0 spiro atoms. The molecule has 2 atom stereocenters. The van der Waals surface area contributed by atoms with Crippen LogP contribution in [0.25, 0.3) is 5.69 Å². The summed E-state index contributed by atoms with van der Waals surface area (Å²) in [6.45, 7) is 9.95. The van der Waals surface area contributed by atoms with Gasteiger partial charge >= 0.3 is 0 Å². The highest BCUT2D eigenvalue weighted by Gasteiger charge is 2.42. The fraction of sp³-hybridized carbons (Fsp3) is 0.290. The smallest absolute Gasteiger partial charge is 0.174 e. The molecule has 4 heterocycles. The van der Waals surface area contributed by atoms with Crippen molar-refractivity contribution in [1.82, 2.24) is 14.9 Å². The number of nitrogens with zero attached hydrogens (tertiary/aromatic N) is 4. The fourth-order valence-electron chi connectivity index (χ4n) is 5.85. The number of thiocarbonyl (C=S) groups is 1. The first kappa shape index (κ1) is 24.6. The summed E-state index contributed by atoms with van der Waals surface area (Å²) in [7, 11) is 0. The number of benzene rings is 2. The first-order chi connectivity index (χ1) is 18.5. The Morgan fingerprint density at radius 2 is 1.63 bits per heavy atom. The molecule has 6 rings (SSSR count). The summed E-state index contributed by atoms with van der Waals surface area (Å²) in [6.07, 6.45) is 1.85. The van der Waals surface area contributed by atoms with Crippen LogP contribution in [0, 0.1) is 20.8 Å². The molecule has 4 aromatic rings. The van der Waals surface area contributed by atoms with E-state index in [2.05, 4.69) is 101 Å². The van der Waals surface area contributed by atoms with E-state index in [4.69, 9.17) is 21.9 Å². The molecule has 2 saturated heterocycles. The Kier molecular flexibility index (Phi) is 6.64. The fourth-order valence-corrected chi connectivity index (χ4v) is 6.19. The number of hydrogen-bond acceptors (Lipinski definition) is 4. The maximum Gasteiger partial charge on any atom is 0.174 e. The third kappa shape index (κ3) is 4.46. The minimum absolute atomic E-state index is 0.0354. The molecular weight excluding hydrogens is 490 g/mol. The Balaban J connectivity index is 1.42. The van der Waals surface area contributed by atoms with Gasteiger partial charge in [0.1, 0.15) is 0 Å². The number of hydrogen-bond donors (Lipinski definition) is 1. The van der Waals surface area contributed by atoms with Gasteiger partial charge in [0.2, 0.25) is 0 Å². The van der Waals surface area contributed by atoms with Crippen molar-refractivity contribution in [3.63, 3.8) is 0 Å². The summed E-state index contributed by atoms with van der Waals surface area (Å²) in [4.78, 5) is 9.36. The van der Waals surface area contributed by atoms with Crippen molar-refractivity contribution in [2.24, 2.45) is 0 Å². The third-order valence-electron chi connectivity index (χ3n) is 7.65. The second-order valence-electron chi connectivity index (χ2n) is 10.1. The van der Waals surface area contributed by atoms with Crippen LogP contribution >= 0.6 is 12.2 Å². The van der Waals surface area contributed by atoms with Crippen molar-refractivity contribution >= 4 is 28.7 Å². The molecule has 6 nitrogen and oxygen atoms in total. The molecule has 0 saturated carbocycles. The minimum atomic E-state index is -0.0677. The number of pyridine rings is 1. The molecule has 38 heavy (non-hydrogen) atoms. The number of nitrogens with one attached hydrogen (secondary N) is 1. The highest BCUT2D eigenvalue weighted by molar-refractivity contribution is 7.80. The van der Waals surface area contributed by atoms with Crippen molar-refractivity contribution in [3.05, 3.63) is 107 Å². The zero-order chi connectivity index (χ0) is 26.2. The number of ether oxygens (including phenoxy) is 1. The molecule has 1 N–H and O–H groups in total. The van der Waals surface area contributed by atoms with Crippen LogP contribution in [0.2, 0.25) is 0 Å². The molecular formula is C31H33N5OS. The van der Waals surface area contributed by atoms with Gasteiger partial charge in [0.25, 0.3) is 0 Å². The lowest BCUT2D eigenvalue weighted by Crippen LogP contribution is -2.36. The van der Waals surface area contributed by atoms with E-state index in [9.17, 15) is 0 Å². The zero-order valence-corrected chi connectivity index (χ0v) is 22.9. The summed E-state index contributed by atoms with van der Waals surface area (Å²) in [6, 6.07) is 25.7. The molecule has 0 bridgehead atoms. The highest BCUT2D eigenvalue weighted by atomic mass is 32.1. The zero-order valence-electron chi connectivity index (χ0n) is 22.1. The van der Waals surface area contributed by atoms with Gasteiger partial charge in [0, 0.05) is 47.7 Å². The van der Waals surface area contributed by atoms with Gasteiger partial charge in [0.15, 0.2) is 5.11 Å². The van der Waals surface area contributed by atoms with E-state index in [0.717, 1.165) is 48.5 Å². The summed E-state index contributed by atoms with van der Waals surface area (Å²) in [5.74, 6) is 0. The van der Waals surface area contributed by atoms with E-state index in [1.807, 2.05) is 18.3 Å². The Bertz CT molecular complexity index is 1440. The summed E-state index contributed by atoms with van der Waals surface area (Å²) < 4.78 is 7.87. The summed E-state index contributed by atoms with van der Waals surface area (Å²) in [5, 5.41) is 4.31. The Morgan fingerprint density at radius 1 is 0.868 bits per heavy atom. The van der Waals surface area contributed by atoms with Gasteiger partial charge in [-0.3, -0.25) is 4.98 Å². The molecule has 0 radical (unpaired) electrons. The average Bonchev–Trinajstić information content (AvgIpc) is 3.44. The number of aromatic nitrogens is 2. The lowest BCUT2D eigenvalue weighted by atomic mass is 9.96. The maximum atomic E-state index is 5.94. The van der Waals surface area contributed by atoms with Crippen LogP contribution in [0.5, 0.6) is 0 Å². The van der Waals surface area contributed by atoms with E-state index in [1.54, 1.807) is 0 Å². The van der Waals surface area contributed by atoms with Crippen molar-refractivity contribution < 1.29 is 4.74 Å². The van der Waals surface area contributed by atoms with Gasteiger partial charge in [-0.1, -0.05) is 18.2 Å². The van der Waals surface area contributed by atoms with E-state index in [1.165, 1.54) is 28.2 Å². The lowest BCUT2D eigenvalue weighted by molar-refractivity contribution is 0.122. The summed E-state index contributed by atoms with van der Waals surface area (Å²) >= 11 is 5.94. The van der Waals surface area contributed by atoms with Gasteiger partial charge in [-0.25, -0.2) is 0 Å². The SMILES string of the molecule is Cc1cccc(N2C(=S)NC(c3ccccn3)C2c2cc(C)n(-c3ccc(N4CCOCC4)cc3)c2C)c1. The second kappa shape index (κ2) is 10.2. The van der Waals surface area contributed by atoms with Crippen LogP contribution in [0.3, 0.4) is 0 Å². The molecule has 2 aromatic carbocycles. The van der Waals surface area contributed by atoms with Gasteiger partial charge in [-0.05, 0) is 98.7 Å². The van der Waals surface area contributed by atoms with E-state index in [0.29, 0.717) is 0 Å². The van der Waals surface area contributed by atoms with Gasteiger partial charge in [-0.2, -0.15) is 0 Å². The molecule has 0 aliphatic carbocycles. The van der Waals surface area contributed by atoms with Crippen LogP contribution in [-0.2, 0) is 4.74 Å². The first-order valence-corrected chi connectivity index (χ1v) is 13.6. The monoisotopic (exact) mass is 523 g/mol. The normalized spacial score (nSPS) is 19.6. The Hall–Kier alpha value is -3.68. The van der Waals surface area contributed by atoms with Crippen LogP contribution in [0.1, 0.15) is 40.3 Å².